The zero-order valence-electron chi connectivity index (χ0n) is 14.8. The van der Waals surface area contributed by atoms with Crippen molar-refractivity contribution in [3.8, 4) is 0 Å². The van der Waals surface area contributed by atoms with Gasteiger partial charge in [-0.15, -0.1) is 0 Å². The summed E-state index contributed by atoms with van der Waals surface area (Å²) in [5.41, 5.74) is -0.668. The maximum atomic E-state index is 13.0. The van der Waals surface area contributed by atoms with Gasteiger partial charge in [0.1, 0.15) is 17.9 Å². The topological polar surface area (TPSA) is 82.9 Å². The third-order valence-electron chi connectivity index (χ3n) is 5.14. The molecule has 2 heterocycles. The first-order valence-corrected chi connectivity index (χ1v) is 8.86. The second kappa shape index (κ2) is 5.86. The molecule has 26 heavy (non-hydrogen) atoms. The highest BCUT2D eigenvalue weighted by Crippen LogP contribution is 2.33. The number of hydrogen-bond acceptors (Lipinski definition) is 4. The van der Waals surface area contributed by atoms with E-state index in [1.54, 1.807) is 24.0 Å². The van der Waals surface area contributed by atoms with Gasteiger partial charge in [-0.25, -0.2) is 4.79 Å². The van der Waals surface area contributed by atoms with Crippen LogP contribution in [0.25, 0.3) is 11.0 Å². The molecule has 1 aromatic heterocycles. The Morgan fingerprint density at radius 2 is 2.08 bits per heavy atom. The molecule has 2 aromatic rings. The predicted octanol–water partition coefficient (Wildman–Crippen LogP) is 2.21. The van der Waals surface area contributed by atoms with Crippen molar-refractivity contribution < 1.29 is 18.8 Å². The number of furan rings is 1. The molecule has 7 heteroatoms. The van der Waals surface area contributed by atoms with Gasteiger partial charge in [0.25, 0.3) is 5.91 Å². The number of likely N-dealkylation sites (N-methyl/N-ethyl adjacent to an activating group) is 1. The van der Waals surface area contributed by atoms with Crippen LogP contribution in [0.4, 0.5) is 4.79 Å². The van der Waals surface area contributed by atoms with Gasteiger partial charge in [-0.3, -0.25) is 14.5 Å². The molecular formula is C19H21N3O4. The molecular weight excluding hydrogens is 334 g/mol. The van der Waals surface area contributed by atoms with Crippen molar-refractivity contribution in [2.24, 2.45) is 0 Å². The van der Waals surface area contributed by atoms with Gasteiger partial charge < -0.3 is 14.6 Å². The molecule has 2 aliphatic rings. The fraction of sp³-hybridized carbons (Fsp3) is 0.421. The summed E-state index contributed by atoms with van der Waals surface area (Å²) in [6, 6.07) is 8.83. The number of rotatable bonds is 5. The normalized spacial score (nSPS) is 22.8. The van der Waals surface area contributed by atoms with Gasteiger partial charge >= 0.3 is 6.03 Å². The third kappa shape index (κ3) is 2.55. The van der Waals surface area contributed by atoms with Crippen molar-refractivity contribution in [2.45, 2.75) is 38.3 Å². The molecule has 1 unspecified atom stereocenters. The molecule has 1 aliphatic heterocycles. The molecule has 1 saturated heterocycles. The lowest BCUT2D eigenvalue weighted by Crippen LogP contribution is -2.45. The molecule has 0 radical (unpaired) electrons. The average Bonchev–Trinajstić information content (AvgIpc) is 3.30. The summed E-state index contributed by atoms with van der Waals surface area (Å²) in [6.45, 7) is 3.84. The van der Waals surface area contributed by atoms with Crippen LogP contribution in [0.2, 0.25) is 0 Å². The highest BCUT2D eigenvalue weighted by Gasteiger charge is 2.52. The smallest absolute Gasteiger partial charge is 0.325 e. The summed E-state index contributed by atoms with van der Waals surface area (Å²) in [5.74, 6) is -0.310. The van der Waals surface area contributed by atoms with Gasteiger partial charge in [-0.1, -0.05) is 18.2 Å². The number of imide groups is 1. The van der Waals surface area contributed by atoms with E-state index >= 15 is 0 Å². The lowest BCUT2D eigenvalue weighted by molar-refractivity contribution is -0.139. The van der Waals surface area contributed by atoms with Crippen LogP contribution in [0.1, 0.15) is 32.4 Å². The first-order chi connectivity index (χ1) is 12.4. The summed E-state index contributed by atoms with van der Waals surface area (Å²) in [7, 11) is 0. The van der Waals surface area contributed by atoms with Crippen LogP contribution in [0.5, 0.6) is 0 Å². The number of benzene rings is 1. The van der Waals surface area contributed by atoms with Gasteiger partial charge in [-0.2, -0.15) is 0 Å². The molecule has 4 rings (SSSR count). The summed E-state index contributed by atoms with van der Waals surface area (Å²) in [5, 5.41) is 3.54. The Kier molecular flexibility index (Phi) is 3.75. The Balaban J connectivity index is 1.58. The third-order valence-corrected chi connectivity index (χ3v) is 5.14. The quantitative estimate of drug-likeness (QED) is 0.834. The van der Waals surface area contributed by atoms with Crippen molar-refractivity contribution in [2.75, 3.05) is 13.1 Å². The van der Waals surface area contributed by atoms with E-state index in [-0.39, 0.29) is 18.5 Å². The van der Waals surface area contributed by atoms with Crippen molar-refractivity contribution in [1.82, 2.24) is 15.1 Å². The van der Waals surface area contributed by atoms with E-state index in [1.165, 1.54) is 0 Å². The first-order valence-electron chi connectivity index (χ1n) is 8.86. The number of hydrogen-bond donors (Lipinski definition) is 1. The van der Waals surface area contributed by atoms with E-state index in [9.17, 15) is 14.4 Å². The SMILES string of the molecule is CCN(C(=O)CN1C(=O)NC(C)(c2cc3ccccc3o2)C1=O)C1CC1. The number of nitrogens with one attached hydrogen (secondary N) is 1. The van der Waals surface area contributed by atoms with Gasteiger partial charge in [0, 0.05) is 18.0 Å². The minimum absolute atomic E-state index is 0.202. The largest absolute Gasteiger partial charge is 0.458 e. The molecule has 1 N–H and O–H groups in total. The maximum Gasteiger partial charge on any atom is 0.325 e. The van der Waals surface area contributed by atoms with Crippen LogP contribution in [0, 0.1) is 0 Å². The molecule has 0 bridgehead atoms. The van der Waals surface area contributed by atoms with Crippen molar-refractivity contribution in [3.63, 3.8) is 0 Å². The number of nitrogens with zero attached hydrogens (tertiary/aromatic N) is 2. The second-order valence-corrected chi connectivity index (χ2v) is 7.01. The summed E-state index contributed by atoms with van der Waals surface area (Å²) in [4.78, 5) is 40.6. The highest BCUT2D eigenvalue weighted by molar-refractivity contribution is 6.09. The van der Waals surface area contributed by atoms with Crippen LogP contribution in [0.15, 0.2) is 34.7 Å². The summed E-state index contributed by atoms with van der Waals surface area (Å²) >= 11 is 0. The number of carbonyl (C=O) groups is 3. The van der Waals surface area contributed by atoms with Crippen molar-refractivity contribution in [1.29, 1.82) is 0 Å². The van der Waals surface area contributed by atoms with Crippen molar-refractivity contribution in [3.05, 3.63) is 36.1 Å². The van der Waals surface area contributed by atoms with Crippen molar-refractivity contribution >= 4 is 28.8 Å². The van der Waals surface area contributed by atoms with E-state index in [4.69, 9.17) is 4.42 Å². The molecule has 1 aliphatic carbocycles. The van der Waals surface area contributed by atoms with E-state index in [1.807, 2.05) is 25.1 Å². The lowest BCUT2D eigenvalue weighted by Gasteiger charge is -2.23. The first kappa shape index (κ1) is 16.6. The molecule has 136 valence electrons. The Hall–Kier alpha value is -2.83. The Morgan fingerprint density at radius 3 is 2.73 bits per heavy atom. The highest BCUT2D eigenvalue weighted by atomic mass is 16.3. The molecule has 7 nitrogen and oxygen atoms in total. The molecule has 2 fully saturated rings. The zero-order chi connectivity index (χ0) is 18.5. The lowest BCUT2D eigenvalue weighted by atomic mass is 9.99. The summed E-state index contributed by atoms with van der Waals surface area (Å²) < 4.78 is 5.79. The average molecular weight is 355 g/mol. The Labute approximate surface area is 150 Å². The van der Waals surface area contributed by atoms with E-state index in [0.29, 0.717) is 17.9 Å². The number of para-hydroxylation sites is 1. The maximum absolute atomic E-state index is 13.0. The molecule has 1 atom stereocenters. The number of carbonyl (C=O) groups excluding carboxylic acids is 3. The van der Waals surface area contributed by atoms with E-state index < -0.39 is 17.5 Å². The number of urea groups is 1. The van der Waals surface area contributed by atoms with Crippen LogP contribution < -0.4 is 5.32 Å². The molecule has 0 spiro atoms. The minimum Gasteiger partial charge on any atom is -0.458 e. The molecule has 1 saturated carbocycles. The second-order valence-electron chi connectivity index (χ2n) is 7.01. The van der Waals surface area contributed by atoms with Gasteiger partial charge in [0.15, 0.2) is 5.54 Å². The molecule has 1 aromatic carbocycles. The Morgan fingerprint density at radius 1 is 1.35 bits per heavy atom. The fourth-order valence-electron chi connectivity index (χ4n) is 3.49. The van der Waals surface area contributed by atoms with Gasteiger partial charge in [-0.05, 0) is 38.8 Å². The standard InChI is InChI=1S/C19H21N3O4/c1-3-21(13-8-9-13)16(23)11-22-17(24)19(2,20-18(22)25)15-10-12-6-4-5-7-14(12)26-15/h4-7,10,13H,3,8-9,11H2,1-2H3,(H,20,25). The number of amides is 4. The monoisotopic (exact) mass is 355 g/mol. The number of fused-ring (bicyclic) bond motifs is 1. The summed E-state index contributed by atoms with van der Waals surface area (Å²) in [6.07, 6.45) is 1.97. The van der Waals surface area contributed by atoms with E-state index in [0.717, 1.165) is 23.1 Å². The van der Waals surface area contributed by atoms with Crippen LogP contribution in [-0.2, 0) is 15.1 Å². The Bertz CT molecular complexity index is 868. The van der Waals surface area contributed by atoms with Crippen LogP contribution >= 0.6 is 0 Å². The van der Waals surface area contributed by atoms with E-state index in [2.05, 4.69) is 5.32 Å². The molecule has 4 amide bonds. The van der Waals surface area contributed by atoms with Crippen LogP contribution in [-0.4, -0.2) is 46.8 Å². The predicted molar refractivity (Wildman–Crippen MR) is 94.2 cm³/mol. The van der Waals surface area contributed by atoms with Crippen LogP contribution in [0.3, 0.4) is 0 Å². The van der Waals surface area contributed by atoms with Gasteiger partial charge in [0.2, 0.25) is 5.91 Å². The minimum atomic E-state index is -1.31. The fourth-order valence-corrected chi connectivity index (χ4v) is 3.49. The zero-order valence-corrected chi connectivity index (χ0v) is 14.8. The van der Waals surface area contributed by atoms with Gasteiger partial charge in [0.05, 0.1) is 0 Å².